The number of fused-ring (bicyclic) bond motifs is 1. The summed E-state index contributed by atoms with van der Waals surface area (Å²) in [7, 11) is 3.38. The molecule has 17 heavy (non-hydrogen) atoms. The molecule has 4 heteroatoms. The maximum atomic E-state index is 5.47. The van der Waals surface area contributed by atoms with Crippen LogP contribution in [0.2, 0.25) is 0 Å². The Morgan fingerprint density at radius 3 is 2.47 bits per heavy atom. The van der Waals surface area contributed by atoms with Crippen molar-refractivity contribution in [3.63, 3.8) is 0 Å². The van der Waals surface area contributed by atoms with Gasteiger partial charge in [0, 0.05) is 23.7 Å². The van der Waals surface area contributed by atoms with Crippen LogP contribution < -0.4 is 14.8 Å². The largest absolute Gasteiger partial charge is 0.496 e. The summed E-state index contributed by atoms with van der Waals surface area (Å²) in [5, 5.41) is 3.53. The Labute approximate surface area is 111 Å². The smallest absolute Gasteiger partial charge is 0.137 e. The average molecular weight is 300 g/mol. The molecule has 0 radical (unpaired) electrons. The van der Waals surface area contributed by atoms with Gasteiger partial charge in [0.2, 0.25) is 0 Å². The molecule has 1 aromatic rings. The van der Waals surface area contributed by atoms with Gasteiger partial charge in [0.05, 0.1) is 18.7 Å². The Balaban J connectivity index is 2.63. The van der Waals surface area contributed by atoms with Crippen LogP contribution in [0.3, 0.4) is 0 Å². The highest BCUT2D eigenvalue weighted by Crippen LogP contribution is 2.42. The monoisotopic (exact) mass is 299 g/mol. The molecule has 0 saturated heterocycles. The number of nitrogens with one attached hydrogen (secondary N) is 1. The zero-order chi connectivity index (χ0) is 12.6. The van der Waals surface area contributed by atoms with E-state index in [-0.39, 0.29) is 0 Å². The molecule has 0 aliphatic carbocycles. The first-order valence-electron chi connectivity index (χ1n) is 5.77. The van der Waals surface area contributed by atoms with Crippen molar-refractivity contribution in [2.24, 2.45) is 0 Å². The topological polar surface area (TPSA) is 30.5 Å². The van der Waals surface area contributed by atoms with E-state index in [1.807, 2.05) is 6.07 Å². The van der Waals surface area contributed by atoms with E-state index in [0.29, 0.717) is 12.1 Å². The number of ether oxygens (including phenoxy) is 2. The predicted octanol–water partition coefficient (Wildman–Crippen LogP) is 3.06. The molecule has 1 aromatic carbocycles. The first kappa shape index (κ1) is 12.7. The molecule has 2 atom stereocenters. The first-order valence-corrected chi connectivity index (χ1v) is 6.57. The highest BCUT2D eigenvalue weighted by atomic mass is 79.9. The molecule has 94 valence electrons. The van der Waals surface area contributed by atoms with Crippen LogP contribution in [0.1, 0.15) is 31.0 Å². The normalized spacial score (nSPS) is 23.1. The molecule has 1 aliphatic rings. The molecular weight excluding hydrogens is 282 g/mol. The Morgan fingerprint density at radius 2 is 1.88 bits per heavy atom. The fourth-order valence-corrected chi connectivity index (χ4v) is 3.19. The molecule has 0 fully saturated rings. The van der Waals surface area contributed by atoms with Crippen LogP contribution in [0.5, 0.6) is 11.5 Å². The van der Waals surface area contributed by atoms with Crippen LogP contribution in [-0.2, 0) is 6.42 Å². The Hall–Kier alpha value is -0.740. The molecule has 0 aromatic heterocycles. The van der Waals surface area contributed by atoms with Crippen molar-refractivity contribution in [3.8, 4) is 11.5 Å². The summed E-state index contributed by atoms with van der Waals surface area (Å²) in [6, 6.07) is 2.70. The lowest BCUT2D eigenvalue weighted by atomic mass is 9.90. The van der Waals surface area contributed by atoms with Crippen molar-refractivity contribution < 1.29 is 9.47 Å². The summed E-state index contributed by atoms with van der Waals surface area (Å²) in [5.41, 5.74) is 2.53. The van der Waals surface area contributed by atoms with Gasteiger partial charge in [0.1, 0.15) is 11.5 Å². The SMILES string of the molecule is COc1cc(OC)c2c(c1Br)C[C@@H](C)N[C@@H]2C. The molecule has 0 amide bonds. The zero-order valence-electron chi connectivity index (χ0n) is 10.6. The Morgan fingerprint density at radius 1 is 1.24 bits per heavy atom. The van der Waals surface area contributed by atoms with Crippen LogP contribution >= 0.6 is 15.9 Å². The van der Waals surface area contributed by atoms with Gasteiger partial charge < -0.3 is 14.8 Å². The van der Waals surface area contributed by atoms with Crippen molar-refractivity contribution in [2.45, 2.75) is 32.4 Å². The van der Waals surface area contributed by atoms with Crippen molar-refractivity contribution in [3.05, 3.63) is 21.7 Å². The van der Waals surface area contributed by atoms with Gasteiger partial charge in [-0.1, -0.05) is 0 Å². The van der Waals surface area contributed by atoms with Crippen LogP contribution in [-0.4, -0.2) is 20.3 Å². The second kappa shape index (κ2) is 4.86. The highest BCUT2D eigenvalue weighted by molar-refractivity contribution is 9.10. The maximum absolute atomic E-state index is 5.47. The standard InChI is InChI=1S/C13H18BrNO2/c1-7-5-9-12(8(2)15-7)10(16-3)6-11(17-4)13(9)14/h6-8,15H,5H2,1-4H3/t7-,8-/m1/s1. The van der Waals surface area contributed by atoms with E-state index in [1.165, 1.54) is 11.1 Å². The summed E-state index contributed by atoms with van der Waals surface area (Å²) in [5.74, 6) is 1.73. The van der Waals surface area contributed by atoms with Gasteiger partial charge in [-0.25, -0.2) is 0 Å². The third-order valence-electron chi connectivity index (χ3n) is 3.25. The summed E-state index contributed by atoms with van der Waals surface area (Å²) >= 11 is 3.64. The number of hydrogen-bond donors (Lipinski definition) is 1. The third kappa shape index (κ3) is 2.16. The lowest BCUT2D eigenvalue weighted by Gasteiger charge is -2.31. The summed E-state index contributed by atoms with van der Waals surface area (Å²) in [6.45, 7) is 4.35. The minimum Gasteiger partial charge on any atom is -0.496 e. The van der Waals surface area contributed by atoms with Gasteiger partial charge in [-0.3, -0.25) is 0 Å². The summed E-state index contributed by atoms with van der Waals surface area (Å²) < 4.78 is 11.9. The molecular formula is C13H18BrNO2. The van der Waals surface area contributed by atoms with Gasteiger partial charge in [0.15, 0.2) is 0 Å². The van der Waals surface area contributed by atoms with Crippen molar-refractivity contribution in [2.75, 3.05) is 14.2 Å². The molecule has 0 saturated carbocycles. The van der Waals surface area contributed by atoms with E-state index < -0.39 is 0 Å². The number of benzene rings is 1. The van der Waals surface area contributed by atoms with E-state index in [2.05, 4.69) is 35.1 Å². The Kier molecular flexibility index (Phi) is 3.64. The molecule has 0 spiro atoms. The number of halogens is 1. The number of rotatable bonds is 2. The fraction of sp³-hybridized carbons (Fsp3) is 0.538. The minimum atomic E-state index is 0.297. The predicted molar refractivity (Wildman–Crippen MR) is 72.0 cm³/mol. The lowest BCUT2D eigenvalue weighted by Crippen LogP contribution is -2.36. The van der Waals surface area contributed by atoms with E-state index in [4.69, 9.17) is 9.47 Å². The van der Waals surface area contributed by atoms with Crippen LogP contribution in [0.15, 0.2) is 10.5 Å². The molecule has 1 aliphatic heterocycles. The molecule has 0 unspecified atom stereocenters. The second-order valence-electron chi connectivity index (χ2n) is 4.48. The van der Waals surface area contributed by atoms with Gasteiger partial charge in [-0.15, -0.1) is 0 Å². The fourth-order valence-electron chi connectivity index (χ4n) is 2.54. The molecule has 1 heterocycles. The average Bonchev–Trinajstić information content (AvgIpc) is 2.30. The number of methoxy groups -OCH3 is 2. The highest BCUT2D eigenvalue weighted by Gasteiger charge is 2.27. The van der Waals surface area contributed by atoms with Gasteiger partial charge >= 0.3 is 0 Å². The molecule has 0 bridgehead atoms. The quantitative estimate of drug-likeness (QED) is 0.910. The lowest BCUT2D eigenvalue weighted by molar-refractivity contribution is 0.368. The van der Waals surface area contributed by atoms with E-state index in [0.717, 1.165) is 22.4 Å². The van der Waals surface area contributed by atoms with E-state index in [1.54, 1.807) is 14.2 Å². The maximum Gasteiger partial charge on any atom is 0.137 e. The van der Waals surface area contributed by atoms with Gasteiger partial charge in [-0.2, -0.15) is 0 Å². The zero-order valence-corrected chi connectivity index (χ0v) is 12.2. The van der Waals surface area contributed by atoms with Crippen molar-refractivity contribution >= 4 is 15.9 Å². The van der Waals surface area contributed by atoms with E-state index >= 15 is 0 Å². The van der Waals surface area contributed by atoms with E-state index in [9.17, 15) is 0 Å². The first-order chi connectivity index (χ1) is 8.08. The van der Waals surface area contributed by atoms with Crippen molar-refractivity contribution in [1.29, 1.82) is 0 Å². The molecule has 1 N–H and O–H groups in total. The number of hydrogen-bond acceptors (Lipinski definition) is 3. The van der Waals surface area contributed by atoms with Crippen LogP contribution in [0.25, 0.3) is 0 Å². The van der Waals surface area contributed by atoms with Crippen molar-refractivity contribution in [1.82, 2.24) is 5.32 Å². The van der Waals surface area contributed by atoms with Crippen LogP contribution in [0.4, 0.5) is 0 Å². The van der Waals surface area contributed by atoms with Gasteiger partial charge in [0.25, 0.3) is 0 Å². The molecule has 3 nitrogen and oxygen atoms in total. The van der Waals surface area contributed by atoms with Gasteiger partial charge in [-0.05, 0) is 41.8 Å². The third-order valence-corrected chi connectivity index (χ3v) is 4.12. The van der Waals surface area contributed by atoms with Crippen LogP contribution in [0, 0.1) is 0 Å². The summed E-state index contributed by atoms with van der Waals surface area (Å²) in [4.78, 5) is 0. The summed E-state index contributed by atoms with van der Waals surface area (Å²) in [6.07, 6.45) is 0.980. The minimum absolute atomic E-state index is 0.297. The molecule has 2 rings (SSSR count). The Bertz CT molecular complexity index is 434. The second-order valence-corrected chi connectivity index (χ2v) is 5.27.